The van der Waals surface area contributed by atoms with E-state index in [1.54, 1.807) is 17.2 Å². The second kappa shape index (κ2) is 7.95. The van der Waals surface area contributed by atoms with Gasteiger partial charge < -0.3 is 14.6 Å². The second-order valence-corrected chi connectivity index (χ2v) is 7.55. The molecule has 3 heterocycles. The fourth-order valence-corrected chi connectivity index (χ4v) is 3.48. The minimum atomic E-state index is -0.360. The van der Waals surface area contributed by atoms with Gasteiger partial charge in [0.25, 0.3) is 0 Å². The van der Waals surface area contributed by atoms with Crippen molar-refractivity contribution in [1.82, 2.24) is 14.5 Å². The molecule has 2 aromatic heterocycles. The molecule has 0 saturated carbocycles. The van der Waals surface area contributed by atoms with E-state index >= 15 is 0 Å². The predicted molar refractivity (Wildman–Crippen MR) is 112 cm³/mol. The van der Waals surface area contributed by atoms with Gasteiger partial charge in [-0.25, -0.2) is 9.78 Å². The molecule has 0 radical (unpaired) electrons. The molecule has 7 nitrogen and oxygen atoms in total. The molecule has 1 amide bonds. The van der Waals surface area contributed by atoms with Gasteiger partial charge in [0.05, 0.1) is 12.1 Å². The highest BCUT2D eigenvalue weighted by Crippen LogP contribution is 2.27. The first-order valence-corrected chi connectivity index (χ1v) is 9.82. The minimum Gasteiger partial charge on any atom is -0.447 e. The largest absolute Gasteiger partial charge is 0.447 e. The van der Waals surface area contributed by atoms with Gasteiger partial charge in [-0.1, -0.05) is 26.0 Å². The summed E-state index contributed by atoms with van der Waals surface area (Å²) in [4.78, 5) is 22.7. The molecule has 1 unspecified atom stereocenters. The van der Waals surface area contributed by atoms with E-state index in [0.29, 0.717) is 18.4 Å². The Morgan fingerprint density at radius 2 is 1.93 bits per heavy atom. The van der Waals surface area contributed by atoms with Crippen molar-refractivity contribution in [2.45, 2.75) is 32.9 Å². The number of ether oxygens (including phenoxy) is 1. The molecule has 0 spiro atoms. The van der Waals surface area contributed by atoms with Gasteiger partial charge in [-0.05, 0) is 48.7 Å². The number of amides is 1. The molecule has 1 aromatic carbocycles. The number of carbonyl (C=O) groups excluding carboxylic acids is 1. The monoisotopic (exact) mass is 391 g/mol. The summed E-state index contributed by atoms with van der Waals surface area (Å²) in [5.74, 6) is 1.30. The molecule has 1 fully saturated rings. The number of rotatable bonds is 6. The van der Waals surface area contributed by atoms with Crippen molar-refractivity contribution in [3.63, 3.8) is 0 Å². The number of cyclic esters (lactones) is 1. The van der Waals surface area contributed by atoms with Crippen LogP contribution in [0, 0.1) is 5.92 Å². The average molecular weight is 391 g/mol. The number of anilines is 2. The van der Waals surface area contributed by atoms with Crippen molar-refractivity contribution in [2.75, 3.05) is 16.8 Å². The van der Waals surface area contributed by atoms with Crippen LogP contribution in [0.1, 0.15) is 32.4 Å². The Morgan fingerprint density at radius 3 is 2.69 bits per heavy atom. The van der Waals surface area contributed by atoms with Gasteiger partial charge in [-0.15, -0.1) is 0 Å². The second-order valence-electron chi connectivity index (χ2n) is 7.55. The highest BCUT2D eigenvalue weighted by Gasteiger charge is 2.37. The van der Waals surface area contributed by atoms with Crippen LogP contribution in [0.4, 0.5) is 16.6 Å². The Labute approximate surface area is 170 Å². The van der Waals surface area contributed by atoms with Crippen LogP contribution in [0.15, 0.2) is 61.1 Å². The summed E-state index contributed by atoms with van der Waals surface area (Å²) in [6.07, 6.45) is 5.34. The molecule has 150 valence electrons. The molecule has 1 saturated heterocycles. The fraction of sp³-hybridized carbons (Fsp3) is 0.318. The molecule has 1 aliphatic heterocycles. The molecule has 2 atom stereocenters. The molecular formula is C22H25N5O2. The lowest BCUT2D eigenvalue weighted by Gasteiger charge is -2.24. The Balaban J connectivity index is 1.54. The summed E-state index contributed by atoms with van der Waals surface area (Å²) in [6, 6.07) is 14.0. The van der Waals surface area contributed by atoms with E-state index in [-0.39, 0.29) is 24.1 Å². The first kappa shape index (κ1) is 19.0. The van der Waals surface area contributed by atoms with Crippen LogP contribution in [-0.2, 0) is 4.74 Å². The maximum Gasteiger partial charge on any atom is 0.415 e. The van der Waals surface area contributed by atoms with Crippen LogP contribution in [0.2, 0.25) is 0 Å². The smallest absolute Gasteiger partial charge is 0.415 e. The molecule has 1 aliphatic rings. The van der Waals surface area contributed by atoms with Gasteiger partial charge in [0.1, 0.15) is 12.4 Å². The number of nitrogens with one attached hydrogen (secondary N) is 1. The van der Waals surface area contributed by atoms with Gasteiger partial charge in [-0.2, -0.15) is 4.98 Å². The minimum absolute atomic E-state index is 0.00723. The van der Waals surface area contributed by atoms with Crippen LogP contribution < -0.4 is 10.2 Å². The molecule has 4 rings (SSSR count). The van der Waals surface area contributed by atoms with Gasteiger partial charge in [0, 0.05) is 24.3 Å². The number of nitrogens with zero attached hydrogens (tertiary/aromatic N) is 4. The topological polar surface area (TPSA) is 72.3 Å². The van der Waals surface area contributed by atoms with E-state index < -0.39 is 0 Å². The van der Waals surface area contributed by atoms with E-state index in [9.17, 15) is 4.79 Å². The highest BCUT2D eigenvalue weighted by molar-refractivity contribution is 5.89. The SMILES string of the molecule is CC(Nc1nccc(N2C(=O)OC[C@@H]2C(C)C)n1)c1cccc(-n2cccc2)c1. The predicted octanol–water partition coefficient (Wildman–Crippen LogP) is 4.42. The summed E-state index contributed by atoms with van der Waals surface area (Å²) in [5, 5.41) is 3.34. The quantitative estimate of drug-likeness (QED) is 0.673. The molecule has 3 aromatic rings. The summed E-state index contributed by atoms with van der Waals surface area (Å²) in [7, 11) is 0. The molecule has 0 bridgehead atoms. The lowest BCUT2D eigenvalue weighted by atomic mass is 10.0. The van der Waals surface area contributed by atoms with Crippen molar-refractivity contribution in [3.05, 3.63) is 66.6 Å². The number of hydrogen-bond donors (Lipinski definition) is 1. The van der Waals surface area contributed by atoms with Crippen LogP contribution in [0.5, 0.6) is 0 Å². The zero-order chi connectivity index (χ0) is 20.4. The van der Waals surface area contributed by atoms with E-state index in [0.717, 1.165) is 11.3 Å². The molecular weight excluding hydrogens is 366 g/mol. The summed E-state index contributed by atoms with van der Waals surface area (Å²) >= 11 is 0. The van der Waals surface area contributed by atoms with Gasteiger partial charge in [-0.3, -0.25) is 4.90 Å². The first-order valence-electron chi connectivity index (χ1n) is 9.82. The van der Waals surface area contributed by atoms with Crippen LogP contribution in [0.25, 0.3) is 5.69 Å². The first-order chi connectivity index (χ1) is 14.0. The number of carbonyl (C=O) groups is 1. The zero-order valence-corrected chi connectivity index (χ0v) is 16.8. The van der Waals surface area contributed by atoms with Crippen molar-refractivity contribution >= 4 is 17.9 Å². The molecule has 7 heteroatoms. The van der Waals surface area contributed by atoms with Crippen LogP contribution in [0.3, 0.4) is 0 Å². The van der Waals surface area contributed by atoms with E-state index in [1.165, 1.54) is 0 Å². The van der Waals surface area contributed by atoms with Gasteiger partial charge in [0.15, 0.2) is 0 Å². The average Bonchev–Trinajstić information content (AvgIpc) is 3.38. The summed E-state index contributed by atoms with van der Waals surface area (Å²) < 4.78 is 7.30. The van der Waals surface area contributed by atoms with E-state index in [1.807, 2.05) is 30.6 Å². The van der Waals surface area contributed by atoms with Crippen LogP contribution in [-0.4, -0.2) is 33.3 Å². The maximum absolute atomic E-state index is 12.2. The van der Waals surface area contributed by atoms with Gasteiger partial charge in [0.2, 0.25) is 5.95 Å². The summed E-state index contributed by atoms with van der Waals surface area (Å²) in [5.41, 5.74) is 2.21. The van der Waals surface area contributed by atoms with Crippen LogP contribution >= 0.6 is 0 Å². The Bertz CT molecular complexity index is 986. The third kappa shape index (κ3) is 3.94. The third-order valence-electron chi connectivity index (χ3n) is 5.18. The number of aromatic nitrogens is 3. The summed E-state index contributed by atoms with van der Waals surface area (Å²) in [6.45, 7) is 6.58. The molecule has 29 heavy (non-hydrogen) atoms. The van der Waals surface area contributed by atoms with E-state index in [2.05, 4.69) is 58.8 Å². The Kier molecular flexibility index (Phi) is 5.20. The lowest BCUT2D eigenvalue weighted by Crippen LogP contribution is -2.37. The zero-order valence-electron chi connectivity index (χ0n) is 16.8. The Hall–Kier alpha value is -3.35. The standard InChI is InChI=1S/C22H25N5O2/c1-15(2)19-14-29-22(28)27(19)20-9-10-23-21(25-20)24-16(3)17-7-6-8-18(13-17)26-11-4-5-12-26/h4-13,15-16,19H,14H2,1-3H3,(H,23,24,25)/t16?,19-/m1/s1. The molecule has 0 aliphatic carbocycles. The van der Waals surface area contributed by atoms with Gasteiger partial charge >= 0.3 is 6.09 Å². The van der Waals surface area contributed by atoms with Crippen molar-refractivity contribution in [2.24, 2.45) is 5.92 Å². The number of hydrogen-bond acceptors (Lipinski definition) is 5. The lowest BCUT2D eigenvalue weighted by molar-refractivity contribution is 0.177. The third-order valence-corrected chi connectivity index (χ3v) is 5.18. The normalized spacial score (nSPS) is 17.4. The highest BCUT2D eigenvalue weighted by atomic mass is 16.6. The number of benzene rings is 1. The van der Waals surface area contributed by atoms with Crippen molar-refractivity contribution in [1.29, 1.82) is 0 Å². The maximum atomic E-state index is 12.2. The van der Waals surface area contributed by atoms with Crippen molar-refractivity contribution < 1.29 is 9.53 Å². The fourth-order valence-electron chi connectivity index (χ4n) is 3.48. The van der Waals surface area contributed by atoms with Crippen molar-refractivity contribution in [3.8, 4) is 5.69 Å². The van der Waals surface area contributed by atoms with E-state index in [4.69, 9.17) is 4.74 Å². The Morgan fingerprint density at radius 1 is 1.14 bits per heavy atom. The molecule has 1 N–H and O–H groups in total.